The fraction of sp³-hybridized carbons (Fsp3) is 0.458. The van der Waals surface area contributed by atoms with Crippen molar-refractivity contribution in [2.45, 2.75) is 39.8 Å². The highest BCUT2D eigenvalue weighted by molar-refractivity contribution is 9.10. The van der Waals surface area contributed by atoms with Crippen molar-refractivity contribution in [3.05, 3.63) is 52.3 Å². The zero-order valence-corrected chi connectivity index (χ0v) is 20.2. The van der Waals surface area contributed by atoms with E-state index < -0.39 is 5.60 Å². The van der Waals surface area contributed by atoms with Crippen LogP contribution in [0.15, 0.2) is 40.9 Å². The van der Waals surface area contributed by atoms with E-state index in [0.29, 0.717) is 19.7 Å². The minimum absolute atomic E-state index is 0.256. The van der Waals surface area contributed by atoms with Crippen LogP contribution in [0, 0.1) is 5.82 Å². The average Bonchev–Trinajstić information content (AvgIpc) is 2.70. The molecule has 0 unspecified atom stereocenters. The lowest BCUT2D eigenvalue weighted by Crippen LogP contribution is -2.49. The smallest absolute Gasteiger partial charge is 0.410 e. The summed E-state index contributed by atoms with van der Waals surface area (Å²) in [6.45, 7) is 11.7. The fourth-order valence-electron chi connectivity index (χ4n) is 3.51. The van der Waals surface area contributed by atoms with Crippen LogP contribution in [0.2, 0.25) is 0 Å². The molecule has 0 saturated carbocycles. The molecule has 1 heterocycles. The SMILES string of the molecule is CCOc1cc(-c2ccc(F)cc2)c(Br)cc1CN1CCN(C(=O)OC(C)(C)C)CC1. The number of carbonyl (C=O) groups is 1. The van der Waals surface area contributed by atoms with Crippen molar-refractivity contribution in [2.24, 2.45) is 0 Å². The summed E-state index contributed by atoms with van der Waals surface area (Å²) in [7, 11) is 0. The van der Waals surface area contributed by atoms with E-state index >= 15 is 0 Å². The van der Waals surface area contributed by atoms with Crippen molar-refractivity contribution in [1.82, 2.24) is 9.80 Å². The summed E-state index contributed by atoms with van der Waals surface area (Å²) in [5.41, 5.74) is 2.47. The standard InChI is InChI=1S/C24H30BrFN2O3/c1-5-30-22-15-20(17-6-8-19(26)9-7-17)21(25)14-18(22)16-27-10-12-28(13-11-27)23(29)31-24(2,3)4/h6-9,14-15H,5,10-13,16H2,1-4H3. The molecule has 0 atom stereocenters. The molecule has 0 aliphatic carbocycles. The van der Waals surface area contributed by atoms with Crippen LogP contribution < -0.4 is 4.74 Å². The number of ether oxygens (including phenoxy) is 2. The van der Waals surface area contributed by atoms with Crippen molar-refractivity contribution < 1.29 is 18.7 Å². The maximum absolute atomic E-state index is 13.3. The van der Waals surface area contributed by atoms with Gasteiger partial charge in [0.2, 0.25) is 0 Å². The van der Waals surface area contributed by atoms with Gasteiger partial charge in [-0.15, -0.1) is 0 Å². The third-order valence-corrected chi connectivity index (χ3v) is 5.68. The van der Waals surface area contributed by atoms with Gasteiger partial charge in [-0.1, -0.05) is 28.1 Å². The highest BCUT2D eigenvalue weighted by atomic mass is 79.9. The highest BCUT2D eigenvalue weighted by Gasteiger charge is 2.26. The maximum Gasteiger partial charge on any atom is 0.410 e. The molecule has 0 N–H and O–H groups in total. The lowest BCUT2D eigenvalue weighted by atomic mass is 10.0. The van der Waals surface area contributed by atoms with Gasteiger partial charge in [-0.25, -0.2) is 9.18 Å². The molecule has 5 nitrogen and oxygen atoms in total. The van der Waals surface area contributed by atoms with Crippen LogP contribution >= 0.6 is 15.9 Å². The molecule has 1 saturated heterocycles. The summed E-state index contributed by atoms with van der Waals surface area (Å²) in [6, 6.07) is 10.5. The summed E-state index contributed by atoms with van der Waals surface area (Å²) >= 11 is 3.67. The normalized spacial score (nSPS) is 15.1. The van der Waals surface area contributed by atoms with Crippen LogP contribution in [0.3, 0.4) is 0 Å². The van der Waals surface area contributed by atoms with Gasteiger partial charge in [-0.05, 0) is 63.1 Å². The number of halogens is 2. The fourth-order valence-corrected chi connectivity index (χ4v) is 4.13. The lowest BCUT2D eigenvalue weighted by Gasteiger charge is -2.35. The highest BCUT2D eigenvalue weighted by Crippen LogP contribution is 2.35. The second-order valence-electron chi connectivity index (χ2n) is 8.62. The third kappa shape index (κ3) is 6.43. The molecular formula is C24H30BrFN2O3. The number of hydrogen-bond acceptors (Lipinski definition) is 4. The summed E-state index contributed by atoms with van der Waals surface area (Å²) < 4.78 is 25.7. The maximum atomic E-state index is 13.3. The van der Waals surface area contributed by atoms with Gasteiger partial charge in [-0.2, -0.15) is 0 Å². The first kappa shape index (κ1) is 23.5. The van der Waals surface area contributed by atoms with Crippen LogP contribution in [-0.4, -0.2) is 54.3 Å². The summed E-state index contributed by atoms with van der Waals surface area (Å²) in [5, 5.41) is 0. The Labute approximate surface area is 192 Å². The molecular weight excluding hydrogens is 463 g/mol. The number of carbonyl (C=O) groups excluding carboxylic acids is 1. The summed E-state index contributed by atoms with van der Waals surface area (Å²) in [6.07, 6.45) is -0.256. The van der Waals surface area contributed by atoms with Gasteiger partial charge >= 0.3 is 6.09 Å². The molecule has 168 valence electrons. The Morgan fingerprint density at radius 1 is 1.10 bits per heavy atom. The van der Waals surface area contributed by atoms with Crippen LogP contribution in [0.25, 0.3) is 11.1 Å². The summed E-state index contributed by atoms with van der Waals surface area (Å²) in [5.74, 6) is 0.562. The predicted octanol–water partition coefficient (Wildman–Crippen LogP) is 5.71. The van der Waals surface area contributed by atoms with Crippen molar-refractivity contribution in [3.8, 4) is 16.9 Å². The Bertz CT molecular complexity index is 904. The molecule has 3 rings (SSSR count). The molecule has 0 spiro atoms. The molecule has 31 heavy (non-hydrogen) atoms. The van der Waals surface area contributed by atoms with Crippen molar-refractivity contribution in [1.29, 1.82) is 0 Å². The minimum Gasteiger partial charge on any atom is -0.494 e. The molecule has 2 aromatic carbocycles. The largest absolute Gasteiger partial charge is 0.494 e. The topological polar surface area (TPSA) is 42.0 Å². The van der Waals surface area contributed by atoms with E-state index in [2.05, 4.69) is 26.9 Å². The molecule has 2 aromatic rings. The van der Waals surface area contributed by atoms with Gasteiger partial charge in [0, 0.05) is 42.8 Å². The second kappa shape index (κ2) is 10.0. The van der Waals surface area contributed by atoms with E-state index in [1.807, 2.05) is 33.8 Å². The molecule has 7 heteroatoms. The van der Waals surface area contributed by atoms with Gasteiger partial charge in [0.25, 0.3) is 0 Å². The van der Waals surface area contributed by atoms with Crippen LogP contribution in [0.4, 0.5) is 9.18 Å². The number of nitrogens with zero attached hydrogens (tertiary/aromatic N) is 2. The lowest BCUT2D eigenvalue weighted by molar-refractivity contribution is 0.0138. The second-order valence-corrected chi connectivity index (χ2v) is 9.48. The van der Waals surface area contributed by atoms with Gasteiger partial charge in [0.15, 0.2) is 0 Å². The number of piperazine rings is 1. The van der Waals surface area contributed by atoms with Crippen molar-refractivity contribution in [2.75, 3.05) is 32.8 Å². The van der Waals surface area contributed by atoms with E-state index in [9.17, 15) is 9.18 Å². The quantitative estimate of drug-likeness (QED) is 0.536. The predicted molar refractivity (Wildman–Crippen MR) is 124 cm³/mol. The van der Waals surface area contributed by atoms with E-state index in [1.54, 1.807) is 17.0 Å². The van der Waals surface area contributed by atoms with E-state index in [4.69, 9.17) is 9.47 Å². The molecule has 1 fully saturated rings. The van der Waals surface area contributed by atoms with Gasteiger partial charge in [0.05, 0.1) is 6.61 Å². The van der Waals surface area contributed by atoms with Crippen LogP contribution in [-0.2, 0) is 11.3 Å². The zero-order chi connectivity index (χ0) is 22.6. The number of hydrogen-bond donors (Lipinski definition) is 0. The van der Waals surface area contributed by atoms with Crippen molar-refractivity contribution >= 4 is 22.0 Å². The third-order valence-electron chi connectivity index (χ3n) is 5.02. The summed E-state index contributed by atoms with van der Waals surface area (Å²) in [4.78, 5) is 16.4. The Hall–Kier alpha value is -2.12. The number of rotatable bonds is 5. The first-order valence-electron chi connectivity index (χ1n) is 10.6. The first-order valence-corrected chi connectivity index (χ1v) is 11.4. The number of benzene rings is 2. The Morgan fingerprint density at radius 2 is 1.74 bits per heavy atom. The molecule has 0 radical (unpaired) electrons. The molecule has 1 amide bonds. The van der Waals surface area contributed by atoms with Gasteiger partial charge < -0.3 is 14.4 Å². The Morgan fingerprint density at radius 3 is 2.32 bits per heavy atom. The number of amides is 1. The zero-order valence-electron chi connectivity index (χ0n) is 18.6. The Balaban J connectivity index is 1.71. The first-order chi connectivity index (χ1) is 14.7. The molecule has 0 bridgehead atoms. The monoisotopic (exact) mass is 492 g/mol. The van der Waals surface area contributed by atoms with Crippen molar-refractivity contribution in [3.63, 3.8) is 0 Å². The Kier molecular flexibility index (Phi) is 7.59. The van der Waals surface area contributed by atoms with E-state index in [-0.39, 0.29) is 11.9 Å². The minimum atomic E-state index is -0.487. The molecule has 1 aliphatic heterocycles. The average molecular weight is 493 g/mol. The van der Waals surface area contributed by atoms with Gasteiger partial charge in [0.1, 0.15) is 17.2 Å². The van der Waals surface area contributed by atoms with Crippen LogP contribution in [0.1, 0.15) is 33.3 Å². The van der Waals surface area contributed by atoms with Gasteiger partial charge in [-0.3, -0.25) is 4.90 Å². The van der Waals surface area contributed by atoms with E-state index in [0.717, 1.165) is 46.5 Å². The molecule has 1 aliphatic rings. The van der Waals surface area contributed by atoms with E-state index in [1.165, 1.54) is 12.1 Å². The molecule has 0 aromatic heterocycles. The van der Waals surface area contributed by atoms with Crippen LogP contribution in [0.5, 0.6) is 5.75 Å².